The second kappa shape index (κ2) is 4.34. The molecule has 1 unspecified atom stereocenters. The number of aromatic nitrogens is 2. The lowest BCUT2D eigenvalue weighted by Gasteiger charge is -2.23. The first-order valence-corrected chi connectivity index (χ1v) is 5.21. The summed E-state index contributed by atoms with van der Waals surface area (Å²) < 4.78 is 1.58. The number of hydrogen-bond donors (Lipinski definition) is 2. The number of nitrogens with zero attached hydrogens (tertiary/aromatic N) is 2. The zero-order valence-corrected chi connectivity index (χ0v) is 9.06. The van der Waals surface area contributed by atoms with E-state index in [2.05, 4.69) is 15.7 Å². The summed E-state index contributed by atoms with van der Waals surface area (Å²) in [5.41, 5.74) is 0.541. The van der Waals surface area contributed by atoms with Gasteiger partial charge in [-0.15, -0.1) is 0 Å². The van der Waals surface area contributed by atoms with E-state index in [1.807, 2.05) is 0 Å². The summed E-state index contributed by atoms with van der Waals surface area (Å²) in [5.74, 6) is -0.0962. The minimum Gasteiger partial charge on any atom is -0.354 e. The fourth-order valence-electron chi connectivity index (χ4n) is 1.66. The predicted octanol–water partition coefficient (Wildman–Crippen LogP) is -0.571. The number of rotatable bonds is 2. The molecule has 0 radical (unpaired) electrons. The molecule has 2 heterocycles. The Morgan fingerprint density at radius 3 is 3.06 bits per heavy atom. The Bertz CT molecular complexity index is 403. The molecule has 1 fully saturated rings. The van der Waals surface area contributed by atoms with Gasteiger partial charge >= 0.3 is 0 Å². The van der Waals surface area contributed by atoms with Crippen LogP contribution in [0.4, 0.5) is 0 Å². The first-order valence-electron chi connectivity index (χ1n) is 5.21. The third kappa shape index (κ3) is 2.39. The van der Waals surface area contributed by atoms with Gasteiger partial charge in [-0.3, -0.25) is 14.3 Å². The highest BCUT2D eigenvalue weighted by Crippen LogP contribution is 2.04. The van der Waals surface area contributed by atoms with Crippen molar-refractivity contribution in [1.29, 1.82) is 0 Å². The topological polar surface area (TPSA) is 76.0 Å². The first-order chi connectivity index (χ1) is 7.65. The Kier molecular flexibility index (Phi) is 2.89. The third-order valence-electron chi connectivity index (χ3n) is 2.57. The van der Waals surface area contributed by atoms with E-state index in [1.165, 1.54) is 6.20 Å². The Morgan fingerprint density at radius 2 is 2.50 bits per heavy atom. The number of hydrogen-bond acceptors (Lipinski definition) is 3. The average Bonchev–Trinajstić information content (AvgIpc) is 2.68. The van der Waals surface area contributed by atoms with Crippen molar-refractivity contribution in [1.82, 2.24) is 20.4 Å². The molecule has 86 valence electrons. The van der Waals surface area contributed by atoms with Crippen molar-refractivity contribution in [2.75, 3.05) is 6.54 Å². The van der Waals surface area contributed by atoms with Crippen LogP contribution in [-0.4, -0.2) is 34.2 Å². The summed E-state index contributed by atoms with van der Waals surface area (Å²) in [6.45, 7) is 0.505. The summed E-state index contributed by atoms with van der Waals surface area (Å²) in [6.07, 6.45) is 4.35. The van der Waals surface area contributed by atoms with Crippen LogP contribution in [0.1, 0.15) is 23.2 Å². The van der Waals surface area contributed by atoms with Crippen LogP contribution in [0.5, 0.6) is 0 Å². The van der Waals surface area contributed by atoms with Gasteiger partial charge in [-0.2, -0.15) is 5.10 Å². The van der Waals surface area contributed by atoms with Gasteiger partial charge in [0.2, 0.25) is 5.91 Å². The molecule has 0 saturated carbocycles. The molecule has 0 aromatic carbocycles. The molecule has 0 bridgehead atoms. The minimum absolute atomic E-state index is 0.0189. The molecule has 1 aromatic heterocycles. The van der Waals surface area contributed by atoms with Crippen LogP contribution in [0, 0.1) is 0 Å². The van der Waals surface area contributed by atoms with Crippen molar-refractivity contribution in [3.05, 3.63) is 18.0 Å². The van der Waals surface area contributed by atoms with E-state index in [-0.39, 0.29) is 17.9 Å². The van der Waals surface area contributed by atoms with Gasteiger partial charge in [0.15, 0.2) is 0 Å². The lowest BCUT2D eigenvalue weighted by atomic mass is 10.1. The van der Waals surface area contributed by atoms with Gasteiger partial charge in [-0.05, 0) is 6.42 Å². The van der Waals surface area contributed by atoms with E-state index in [9.17, 15) is 9.59 Å². The smallest absolute Gasteiger partial charge is 0.254 e. The summed E-state index contributed by atoms with van der Waals surface area (Å²) in [7, 11) is 1.76. The normalized spacial score (nSPS) is 20.3. The molecule has 6 heteroatoms. The second-order valence-electron chi connectivity index (χ2n) is 3.92. The van der Waals surface area contributed by atoms with Crippen LogP contribution in [0.2, 0.25) is 0 Å². The summed E-state index contributed by atoms with van der Waals surface area (Å²) in [5, 5.41) is 9.51. The van der Waals surface area contributed by atoms with Crippen molar-refractivity contribution in [3.8, 4) is 0 Å². The Morgan fingerprint density at radius 1 is 1.69 bits per heavy atom. The van der Waals surface area contributed by atoms with Gasteiger partial charge in [0.05, 0.1) is 11.8 Å². The zero-order chi connectivity index (χ0) is 11.5. The number of piperidine rings is 1. The van der Waals surface area contributed by atoms with Crippen molar-refractivity contribution in [2.45, 2.75) is 18.9 Å². The highest BCUT2D eigenvalue weighted by molar-refractivity contribution is 5.94. The van der Waals surface area contributed by atoms with E-state index in [1.54, 1.807) is 17.9 Å². The lowest BCUT2D eigenvalue weighted by molar-refractivity contribution is -0.122. The van der Waals surface area contributed by atoms with Gasteiger partial charge in [0.1, 0.15) is 0 Å². The predicted molar refractivity (Wildman–Crippen MR) is 56.7 cm³/mol. The van der Waals surface area contributed by atoms with E-state index in [0.29, 0.717) is 24.9 Å². The third-order valence-corrected chi connectivity index (χ3v) is 2.57. The molecule has 2 N–H and O–H groups in total. The summed E-state index contributed by atoms with van der Waals surface area (Å²) in [6, 6.07) is 0.0189. The van der Waals surface area contributed by atoms with E-state index in [4.69, 9.17) is 0 Å². The largest absolute Gasteiger partial charge is 0.354 e. The van der Waals surface area contributed by atoms with Crippen LogP contribution in [-0.2, 0) is 11.8 Å². The minimum atomic E-state index is -0.144. The van der Waals surface area contributed by atoms with Crippen molar-refractivity contribution >= 4 is 11.8 Å². The van der Waals surface area contributed by atoms with Crippen molar-refractivity contribution < 1.29 is 9.59 Å². The number of nitrogens with one attached hydrogen (secondary N) is 2. The Labute approximate surface area is 93.0 Å². The highest BCUT2D eigenvalue weighted by atomic mass is 16.2. The van der Waals surface area contributed by atoms with E-state index >= 15 is 0 Å². The van der Waals surface area contributed by atoms with Gasteiger partial charge in [-0.1, -0.05) is 0 Å². The number of amides is 2. The van der Waals surface area contributed by atoms with Gasteiger partial charge in [-0.25, -0.2) is 0 Å². The molecule has 2 rings (SSSR count). The first kappa shape index (κ1) is 10.7. The zero-order valence-electron chi connectivity index (χ0n) is 9.06. The molecular weight excluding hydrogens is 208 g/mol. The Hall–Kier alpha value is -1.85. The number of carbonyl (C=O) groups is 2. The molecule has 1 aliphatic rings. The highest BCUT2D eigenvalue weighted by Gasteiger charge is 2.20. The molecule has 1 saturated heterocycles. The summed E-state index contributed by atoms with van der Waals surface area (Å²) in [4.78, 5) is 22.7. The quantitative estimate of drug-likeness (QED) is 0.703. The molecule has 0 spiro atoms. The molecule has 1 atom stereocenters. The molecule has 1 aliphatic heterocycles. The molecule has 16 heavy (non-hydrogen) atoms. The van der Waals surface area contributed by atoms with E-state index in [0.717, 1.165) is 0 Å². The Balaban J connectivity index is 1.90. The second-order valence-corrected chi connectivity index (χ2v) is 3.92. The molecule has 0 aliphatic carbocycles. The maximum Gasteiger partial charge on any atom is 0.254 e. The van der Waals surface area contributed by atoms with Crippen molar-refractivity contribution in [2.24, 2.45) is 7.05 Å². The monoisotopic (exact) mass is 222 g/mol. The maximum absolute atomic E-state index is 11.7. The SMILES string of the molecule is Cn1cc(C(=O)NC2CCC(=O)NC2)cn1. The van der Waals surface area contributed by atoms with Gasteiger partial charge in [0.25, 0.3) is 5.91 Å². The van der Waals surface area contributed by atoms with Crippen LogP contribution in [0.3, 0.4) is 0 Å². The van der Waals surface area contributed by atoms with Crippen LogP contribution in [0.25, 0.3) is 0 Å². The fourth-order valence-corrected chi connectivity index (χ4v) is 1.66. The van der Waals surface area contributed by atoms with Crippen LogP contribution in [0.15, 0.2) is 12.4 Å². The van der Waals surface area contributed by atoms with Crippen molar-refractivity contribution in [3.63, 3.8) is 0 Å². The fraction of sp³-hybridized carbons (Fsp3) is 0.500. The lowest BCUT2D eigenvalue weighted by Crippen LogP contribution is -2.47. The molecular formula is C10H14N4O2. The average molecular weight is 222 g/mol. The number of aryl methyl sites for hydroxylation is 1. The van der Waals surface area contributed by atoms with E-state index < -0.39 is 0 Å². The maximum atomic E-state index is 11.7. The van der Waals surface area contributed by atoms with Crippen LogP contribution < -0.4 is 10.6 Å². The van der Waals surface area contributed by atoms with Gasteiger partial charge in [0, 0.05) is 32.3 Å². The summed E-state index contributed by atoms with van der Waals surface area (Å²) >= 11 is 0. The standard InChI is InChI=1S/C10H14N4O2/c1-14-6-7(4-12-14)10(16)13-8-2-3-9(15)11-5-8/h4,6,8H,2-3,5H2,1H3,(H,11,15)(H,13,16). The van der Waals surface area contributed by atoms with Crippen LogP contribution >= 0.6 is 0 Å². The van der Waals surface area contributed by atoms with Gasteiger partial charge < -0.3 is 10.6 Å². The molecule has 1 aromatic rings. The molecule has 6 nitrogen and oxygen atoms in total. The number of carbonyl (C=O) groups excluding carboxylic acids is 2. The molecule has 2 amide bonds.